The normalized spacial score (nSPS) is 31.4. The van der Waals surface area contributed by atoms with E-state index in [1.165, 1.54) is 0 Å². The molecule has 3 atom stereocenters. The second kappa shape index (κ2) is 4.84. The maximum absolute atomic E-state index is 11.9. The van der Waals surface area contributed by atoms with Gasteiger partial charge in [0.25, 0.3) is 0 Å². The molecule has 92 valence electrons. The highest BCUT2D eigenvalue weighted by atomic mass is 16.5. The van der Waals surface area contributed by atoms with Crippen LogP contribution in [-0.2, 0) is 9.53 Å². The largest absolute Gasteiger partial charge is 0.463 e. The molecular weight excluding hydrogens is 218 g/mol. The summed E-state index contributed by atoms with van der Waals surface area (Å²) in [5.41, 5.74) is 1.36. The predicted molar refractivity (Wildman–Crippen MR) is 64.6 cm³/mol. The van der Waals surface area contributed by atoms with Gasteiger partial charge in [0.1, 0.15) is 0 Å². The molecule has 4 nitrogen and oxygen atoms in total. The van der Waals surface area contributed by atoms with Crippen molar-refractivity contribution >= 4 is 12.2 Å². The molecule has 1 N–H and O–H groups in total. The molecule has 0 saturated heterocycles. The summed E-state index contributed by atoms with van der Waals surface area (Å²) in [5.74, 6) is -0.199. The fourth-order valence-electron chi connectivity index (χ4n) is 2.37. The zero-order valence-corrected chi connectivity index (χ0v) is 10.1. The molecule has 0 amide bonds. The number of carbonyl (C=O) groups excluding carboxylic acids is 1. The average molecular weight is 235 g/mol. The molecule has 0 bridgehead atoms. The number of aliphatic imine (C=N–C) groups is 1. The maximum atomic E-state index is 11.9. The molecule has 17 heavy (non-hydrogen) atoms. The molecule has 2 aliphatic rings. The van der Waals surface area contributed by atoms with Crippen molar-refractivity contribution in [3.63, 3.8) is 0 Å². The van der Waals surface area contributed by atoms with E-state index in [1.54, 1.807) is 19.2 Å². The van der Waals surface area contributed by atoms with E-state index >= 15 is 0 Å². The van der Waals surface area contributed by atoms with E-state index < -0.39 is 6.10 Å². The van der Waals surface area contributed by atoms with Crippen LogP contribution in [0.5, 0.6) is 0 Å². The molecule has 2 rings (SSSR count). The number of ether oxygens (including phenoxy) is 1. The van der Waals surface area contributed by atoms with Gasteiger partial charge in [0.15, 0.2) is 0 Å². The first-order chi connectivity index (χ1) is 8.13. The van der Waals surface area contributed by atoms with Crippen LogP contribution < -0.4 is 0 Å². The number of allylic oxidation sites excluding steroid dienone is 2. The van der Waals surface area contributed by atoms with E-state index in [9.17, 15) is 9.90 Å². The number of hydrogen-bond donors (Lipinski definition) is 1. The topological polar surface area (TPSA) is 58.9 Å². The highest BCUT2D eigenvalue weighted by Gasteiger charge is 2.34. The van der Waals surface area contributed by atoms with Crippen molar-refractivity contribution in [2.45, 2.75) is 26.4 Å². The van der Waals surface area contributed by atoms with Crippen molar-refractivity contribution in [1.82, 2.24) is 0 Å². The Morgan fingerprint density at radius 2 is 2.35 bits per heavy atom. The molecular formula is C13H17NO3. The summed E-state index contributed by atoms with van der Waals surface area (Å²) in [6.07, 6.45) is 5.76. The highest BCUT2D eigenvalue weighted by Crippen LogP contribution is 2.35. The van der Waals surface area contributed by atoms with Gasteiger partial charge in [0.05, 0.1) is 18.3 Å². The molecule has 1 heterocycles. The van der Waals surface area contributed by atoms with Gasteiger partial charge in [0.2, 0.25) is 0 Å². The summed E-state index contributed by atoms with van der Waals surface area (Å²) in [6.45, 7) is 3.97. The second-order valence-electron chi connectivity index (χ2n) is 4.38. The van der Waals surface area contributed by atoms with Crippen molar-refractivity contribution in [2.75, 3.05) is 6.61 Å². The van der Waals surface area contributed by atoms with Crippen LogP contribution >= 0.6 is 0 Å². The molecule has 0 aromatic heterocycles. The van der Waals surface area contributed by atoms with Crippen molar-refractivity contribution in [1.29, 1.82) is 0 Å². The Morgan fingerprint density at radius 3 is 2.94 bits per heavy atom. The third-order valence-corrected chi connectivity index (χ3v) is 3.20. The van der Waals surface area contributed by atoms with Crippen LogP contribution in [0, 0.1) is 11.8 Å². The van der Waals surface area contributed by atoms with Crippen LogP contribution in [0.2, 0.25) is 0 Å². The smallest absolute Gasteiger partial charge is 0.336 e. The summed E-state index contributed by atoms with van der Waals surface area (Å²) in [4.78, 5) is 16.1. The van der Waals surface area contributed by atoms with Gasteiger partial charge in [0, 0.05) is 17.8 Å². The average Bonchev–Trinajstić information content (AvgIpc) is 2.85. The minimum absolute atomic E-state index is 0.0533. The minimum Gasteiger partial charge on any atom is -0.463 e. The molecule has 1 aliphatic heterocycles. The second-order valence-corrected chi connectivity index (χ2v) is 4.38. The number of nitrogens with zero attached hydrogens (tertiary/aromatic N) is 1. The van der Waals surface area contributed by atoms with Crippen LogP contribution in [0.4, 0.5) is 0 Å². The molecule has 0 fully saturated rings. The Morgan fingerprint density at radius 1 is 1.59 bits per heavy atom. The minimum atomic E-state index is -0.405. The van der Waals surface area contributed by atoms with Crippen LogP contribution in [0.25, 0.3) is 0 Å². The quantitative estimate of drug-likeness (QED) is 0.595. The van der Waals surface area contributed by atoms with Crippen molar-refractivity contribution < 1.29 is 14.6 Å². The van der Waals surface area contributed by atoms with Crippen molar-refractivity contribution in [2.24, 2.45) is 16.8 Å². The highest BCUT2D eigenvalue weighted by molar-refractivity contribution is 5.97. The van der Waals surface area contributed by atoms with E-state index in [4.69, 9.17) is 4.74 Å². The maximum Gasteiger partial charge on any atom is 0.336 e. The Hall–Kier alpha value is -1.42. The van der Waals surface area contributed by atoms with E-state index in [-0.39, 0.29) is 17.8 Å². The molecule has 0 spiro atoms. The Bertz CT molecular complexity index is 409. The first kappa shape index (κ1) is 12.0. The molecule has 1 unspecified atom stereocenters. The molecule has 4 heteroatoms. The lowest BCUT2D eigenvalue weighted by Crippen LogP contribution is -2.22. The third-order valence-electron chi connectivity index (χ3n) is 3.20. The van der Waals surface area contributed by atoms with Crippen LogP contribution in [0.1, 0.15) is 20.3 Å². The summed E-state index contributed by atoms with van der Waals surface area (Å²) in [7, 11) is 0. The predicted octanol–water partition coefficient (Wildman–Crippen LogP) is 1.46. The Kier molecular flexibility index (Phi) is 3.43. The van der Waals surface area contributed by atoms with Gasteiger partial charge in [-0.3, -0.25) is 4.99 Å². The molecule has 0 saturated carbocycles. The van der Waals surface area contributed by atoms with Gasteiger partial charge >= 0.3 is 5.97 Å². The van der Waals surface area contributed by atoms with E-state index in [0.717, 1.165) is 5.70 Å². The van der Waals surface area contributed by atoms with E-state index in [2.05, 4.69) is 4.99 Å². The Labute approximate surface area is 101 Å². The van der Waals surface area contributed by atoms with Gasteiger partial charge in [-0.1, -0.05) is 12.2 Å². The summed E-state index contributed by atoms with van der Waals surface area (Å²) < 4.78 is 5.05. The zero-order valence-electron chi connectivity index (χ0n) is 10.1. The summed E-state index contributed by atoms with van der Waals surface area (Å²) in [5, 5.41) is 9.49. The lowest BCUT2D eigenvalue weighted by atomic mass is 9.86. The third kappa shape index (κ3) is 2.31. The number of rotatable bonds is 3. The SMILES string of the molecule is CCOC(=O)C1=C(C)N=CC1[C@@H]1C=C[C@@H](O)C1. The molecule has 1 aliphatic carbocycles. The Balaban J connectivity index is 2.16. The van der Waals surface area contributed by atoms with E-state index in [0.29, 0.717) is 18.6 Å². The standard InChI is InChI=1S/C13H17NO3/c1-3-17-13(16)12-8(2)14-7-11(12)9-4-5-10(15)6-9/h4-5,7,9-11,15H,3,6H2,1-2H3/t9-,10-,11?/m1/s1. The summed E-state index contributed by atoms with van der Waals surface area (Å²) >= 11 is 0. The lowest BCUT2D eigenvalue weighted by molar-refractivity contribution is -0.139. The van der Waals surface area contributed by atoms with Crippen LogP contribution in [-0.4, -0.2) is 30.0 Å². The molecule has 0 radical (unpaired) electrons. The first-order valence-electron chi connectivity index (χ1n) is 5.92. The first-order valence-corrected chi connectivity index (χ1v) is 5.92. The van der Waals surface area contributed by atoms with Crippen molar-refractivity contribution in [3.05, 3.63) is 23.4 Å². The fourth-order valence-corrected chi connectivity index (χ4v) is 2.37. The van der Waals surface area contributed by atoms with Gasteiger partial charge in [-0.2, -0.15) is 0 Å². The molecule has 0 aromatic carbocycles. The number of aliphatic hydroxyl groups excluding tert-OH is 1. The monoisotopic (exact) mass is 235 g/mol. The van der Waals surface area contributed by atoms with Gasteiger partial charge < -0.3 is 9.84 Å². The number of aliphatic hydroxyl groups is 1. The number of hydrogen-bond acceptors (Lipinski definition) is 4. The van der Waals surface area contributed by atoms with Crippen LogP contribution in [0.3, 0.4) is 0 Å². The van der Waals surface area contributed by atoms with Crippen LogP contribution in [0.15, 0.2) is 28.4 Å². The van der Waals surface area contributed by atoms with Gasteiger partial charge in [-0.15, -0.1) is 0 Å². The van der Waals surface area contributed by atoms with Gasteiger partial charge in [-0.25, -0.2) is 4.79 Å². The zero-order chi connectivity index (χ0) is 12.4. The lowest BCUT2D eigenvalue weighted by Gasteiger charge is -2.18. The summed E-state index contributed by atoms with van der Waals surface area (Å²) in [6, 6.07) is 0. The van der Waals surface area contributed by atoms with E-state index in [1.807, 2.05) is 13.0 Å². The fraction of sp³-hybridized carbons (Fsp3) is 0.538. The number of carbonyl (C=O) groups is 1. The van der Waals surface area contributed by atoms with Gasteiger partial charge in [-0.05, 0) is 26.2 Å². The molecule has 0 aromatic rings. The number of esters is 1. The van der Waals surface area contributed by atoms with Crippen molar-refractivity contribution in [3.8, 4) is 0 Å².